The Morgan fingerprint density at radius 2 is 1.94 bits per heavy atom. The molecule has 1 aromatic carbocycles. The van der Waals surface area contributed by atoms with E-state index in [0.29, 0.717) is 5.92 Å². The smallest absolute Gasteiger partial charge is 0.0184 e. The molecule has 1 atom stereocenters. The van der Waals surface area contributed by atoms with Crippen molar-refractivity contribution < 1.29 is 0 Å². The highest BCUT2D eigenvalue weighted by Crippen LogP contribution is 2.42. The molecular weight excluding hydrogens is 192 g/mol. The zero-order chi connectivity index (χ0) is 11.3. The SMILES string of the molecule is CC(C)c1c2c(cc3c1CC[C@@H]3C)CCC2. The average molecular weight is 214 g/mol. The van der Waals surface area contributed by atoms with E-state index in [4.69, 9.17) is 0 Å². The van der Waals surface area contributed by atoms with Crippen molar-refractivity contribution in [2.45, 2.75) is 64.7 Å². The third kappa shape index (κ3) is 1.35. The van der Waals surface area contributed by atoms with Gasteiger partial charge in [-0.3, -0.25) is 0 Å². The van der Waals surface area contributed by atoms with Crippen LogP contribution in [0.3, 0.4) is 0 Å². The van der Waals surface area contributed by atoms with Crippen LogP contribution < -0.4 is 0 Å². The molecule has 1 aromatic rings. The fourth-order valence-corrected chi connectivity index (χ4v) is 3.78. The number of rotatable bonds is 1. The van der Waals surface area contributed by atoms with Crippen molar-refractivity contribution >= 4 is 0 Å². The molecule has 3 rings (SSSR count). The Morgan fingerprint density at radius 3 is 2.69 bits per heavy atom. The van der Waals surface area contributed by atoms with E-state index in [2.05, 4.69) is 26.8 Å². The monoisotopic (exact) mass is 214 g/mol. The van der Waals surface area contributed by atoms with E-state index in [9.17, 15) is 0 Å². The zero-order valence-electron chi connectivity index (χ0n) is 10.8. The summed E-state index contributed by atoms with van der Waals surface area (Å²) in [6.07, 6.45) is 6.75. The Labute approximate surface area is 99.1 Å². The summed E-state index contributed by atoms with van der Waals surface area (Å²) in [4.78, 5) is 0. The molecule has 2 aliphatic rings. The van der Waals surface area contributed by atoms with Gasteiger partial charge in [0.2, 0.25) is 0 Å². The number of aryl methyl sites for hydroxylation is 1. The van der Waals surface area contributed by atoms with Gasteiger partial charge in [0.15, 0.2) is 0 Å². The van der Waals surface area contributed by atoms with Crippen LogP contribution in [0.2, 0.25) is 0 Å². The summed E-state index contributed by atoms with van der Waals surface area (Å²) in [5.74, 6) is 1.52. The predicted octanol–water partition coefficient (Wildman–Crippen LogP) is 4.35. The second-order valence-corrected chi connectivity index (χ2v) is 5.94. The minimum Gasteiger partial charge on any atom is -0.0587 e. The van der Waals surface area contributed by atoms with Crippen LogP contribution in [-0.2, 0) is 19.3 Å². The lowest BCUT2D eigenvalue weighted by Gasteiger charge is -2.18. The summed E-state index contributed by atoms with van der Waals surface area (Å²) >= 11 is 0. The van der Waals surface area contributed by atoms with Crippen LogP contribution >= 0.6 is 0 Å². The average Bonchev–Trinajstić information content (AvgIpc) is 2.82. The van der Waals surface area contributed by atoms with Crippen LogP contribution in [0.5, 0.6) is 0 Å². The van der Waals surface area contributed by atoms with Crippen molar-refractivity contribution in [2.75, 3.05) is 0 Å². The Morgan fingerprint density at radius 1 is 1.12 bits per heavy atom. The molecule has 0 heteroatoms. The summed E-state index contributed by atoms with van der Waals surface area (Å²) < 4.78 is 0. The van der Waals surface area contributed by atoms with E-state index in [1.54, 1.807) is 27.8 Å². The molecule has 0 saturated heterocycles. The van der Waals surface area contributed by atoms with Gasteiger partial charge in [0.1, 0.15) is 0 Å². The molecule has 86 valence electrons. The van der Waals surface area contributed by atoms with E-state index < -0.39 is 0 Å². The molecule has 0 aliphatic heterocycles. The summed E-state index contributed by atoms with van der Waals surface area (Å²) in [7, 11) is 0. The molecule has 0 saturated carbocycles. The van der Waals surface area contributed by atoms with E-state index in [-0.39, 0.29) is 0 Å². The first-order valence-electron chi connectivity index (χ1n) is 6.86. The molecule has 0 fully saturated rings. The summed E-state index contributed by atoms with van der Waals surface area (Å²) in [6, 6.07) is 2.54. The lowest BCUT2D eigenvalue weighted by Crippen LogP contribution is -2.03. The highest BCUT2D eigenvalue weighted by Gasteiger charge is 2.28. The maximum atomic E-state index is 2.54. The second-order valence-electron chi connectivity index (χ2n) is 5.94. The van der Waals surface area contributed by atoms with Gasteiger partial charge in [-0.05, 0) is 71.8 Å². The van der Waals surface area contributed by atoms with Gasteiger partial charge in [0.25, 0.3) is 0 Å². The van der Waals surface area contributed by atoms with E-state index in [1.807, 2.05) is 0 Å². The van der Waals surface area contributed by atoms with Crippen LogP contribution in [0.4, 0.5) is 0 Å². The summed E-state index contributed by atoms with van der Waals surface area (Å²) in [6.45, 7) is 7.14. The molecule has 0 unspecified atom stereocenters. The lowest BCUT2D eigenvalue weighted by molar-refractivity contribution is 0.744. The molecule has 0 bridgehead atoms. The van der Waals surface area contributed by atoms with Crippen LogP contribution in [-0.4, -0.2) is 0 Å². The number of benzene rings is 1. The van der Waals surface area contributed by atoms with Gasteiger partial charge in [-0.15, -0.1) is 0 Å². The molecule has 0 spiro atoms. The Balaban J connectivity index is 2.25. The summed E-state index contributed by atoms with van der Waals surface area (Å²) in [5, 5.41) is 0. The number of hydrogen-bond donors (Lipinski definition) is 0. The third-order valence-corrected chi connectivity index (χ3v) is 4.52. The molecule has 0 nitrogen and oxygen atoms in total. The van der Waals surface area contributed by atoms with Gasteiger partial charge in [0.05, 0.1) is 0 Å². The fraction of sp³-hybridized carbons (Fsp3) is 0.625. The normalized spacial score (nSPS) is 22.6. The topological polar surface area (TPSA) is 0 Å². The van der Waals surface area contributed by atoms with E-state index >= 15 is 0 Å². The second kappa shape index (κ2) is 3.61. The predicted molar refractivity (Wildman–Crippen MR) is 69.3 cm³/mol. The van der Waals surface area contributed by atoms with Crippen LogP contribution in [0, 0.1) is 0 Å². The number of fused-ring (bicyclic) bond motifs is 2. The van der Waals surface area contributed by atoms with Gasteiger partial charge in [-0.2, -0.15) is 0 Å². The van der Waals surface area contributed by atoms with Crippen molar-refractivity contribution in [3.05, 3.63) is 33.9 Å². The number of hydrogen-bond acceptors (Lipinski definition) is 0. The van der Waals surface area contributed by atoms with Gasteiger partial charge < -0.3 is 0 Å². The lowest BCUT2D eigenvalue weighted by atomic mass is 9.86. The molecule has 0 aromatic heterocycles. The van der Waals surface area contributed by atoms with Crippen molar-refractivity contribution in [2.24, 2.45) is 0 Å². The van der Waals surface area contributed by atoms with E-state index in [1.165, 1.54) is 32.1 Å². The van der Waals surface area contributed by atoms with Crippen molar-refractivity contribution in [3.63, 3.8) is 0 Å². The molecule has 0 heterocycles. The van der Waals surface area contributed by atoms with Crippen LogP contribution in [0.1, 0.15) is 73.3 Å². The highest BCUT2D eigenvalue weighted by atomic mass is 14.3. The fourth-order valence-electron chi connectivity index (χ4n) is 3.78. The van der Waals surface area contributed by atoms with Crippen LogP contribution in [0.25, 0.3) is 0 Å². The third-order valence-electron chi connectivity index (χ3n) is 4.52. The molecular formula is C16H22. The minimum absolute atomic E-state index is 0.715. The Bertz CT molecular complexity index is 426. The molecule has 16 heavy (non-hydrogen) atoms. The van der Waals surface area contributed by atoms with E-state index in [0.717, 1.165) is 5.92 Å². The molecule has 2 aliphatic carbocycles. The highest BCUT2D eigenvalue weighted by molar-refractivity contribution is 5.52. The molecule has 0 N–H and O–H groups in total. The standard InChI is InChI=1S/C16H22/c1-10(2)16-13-6-4-5-12(13)9-15-11(3)7-8-14(15)16/h9-11H,4-8H2,1-3H3/t11-/m0/s1. The van der Waals surface area contributed by atoms with Gasteiger partial charge in [-0.25, -0.2) is 0 Å². The first kappa shape index (κ1) is 10.4. The maximum absolute atomic E-state index is 2.54. The zero-order valence-corrected chi connectivity index (χ0v) is 10.8. The molecule has 0 radical (unpaired) electrons. The van der Waals surface area contributed by atoms with Crippen molar-refractivity contribution in [3.8, 4) is 0 Å². The van der Waals surface area contributed by atoms with Gasteiger partial charge in [0, 0.05) is 0 Å². The van der Waals surface area contributed by atoms with Gasteiger partial charge >= 0.3 is 0 Å². The minimum atomic E-state index is 0.715. The quantitative estimate of drug-likeness (QED) is 0.652. The first-order valence-corrected chi connectivity index (χ1v) is 6.86. The van der Waals surface area contributed by atoms with Crippen molar-refractivity contribution in [1.82, 2.24) is 0 Å². The molecule has 0 amide bonds. The Hall–Kier alpha value is -0.780. The van der Waals surface area contributed by atoms with Crippen LogP contribution in [0.15, 0.2) is 6.07 Å². The maximum Gasteiger partial charge on any atom is -0.0184 e. The largest absolute Gasteiger partial charge is 0.0587 e. The first-order chi connectivity index (χ1) is 7.68. The van der Waals surface area contributed by atoms with Crippen molar-refractivity contribution in [1.29, 1.82) is 0 Å². The Kier molecular flexibility index (Phi) is 2.34. The van der Waals surface area contributed by atoms with Gasteiger partial charge in [-0.1, -0.05) is 26.8 Å². The summed E-state index contributed by atoms with van der Waals surface area (Å²) in [5.41, 5.74) is 8.54.